The second-order valence-corrected chi connectivity index (χ2v) is 4.78. The number of hydrogen-bond acceptors (Lipinski definition) is 3. The van der Waals surface area contributed by atoms with Gasteiger partial charge in [-0.3, -0.25) is 0 Å². The summed E-state index contributed by atoms with van der Waals surface area (Å²) in [6.45, 7) is 4.00. The third-order valence-corrected chi connectivity index (χ3v) is 3.50. The van der Waals surface area contributed by atoms with Gasteiger partial charge in [-0.1, -0.05) is 18.2 Å². The van der Waals surface area contributed by atoms with Crippen LogP contribution in [0.15, 0.2) is 29.6 Å². The minimum absolute atomic E-state index is 0.340. The molecule has 88 valence electrons. The lowest BCUT2D eigenvalue weighted by atomic mass is 10.1. The summed E-state index contributed by atoms with van der Waals surface area (Å²) in [5.41, 5.74) is 3.84. The van der Waals surface area contributed by atoms with Crippen LogP contribution >= 0.6 is 11.3 Å². The number of carboxylic acid groups (broad SMARTS) is 1. The highest BCUT2D eigenvalue weighted by Gasteiger charge is 2.13. The van der Waals surface area contributed by atoms with Crippen LogP contribution in [0.1, 0.15) is 20.8 Å². The first-order valence-electron chi connectivity index (χ1n) is 5.23. The van der Waals surface area contributed by atoms with Gasteiger partial charge in [-0.15, -0.1) is 11.3 Å². The summed E-state index contributed by atoms with van der Waals surface area (Å²) in [5.74, 6) is -0.895. The highest BCUT2D eigenvalue weighted by Crippen LogP contribution is 2.29. The molecule has 1 aromatic carbocycles. The van der Waals surface area contributed by atoms with Crippen LogP contribution in [0, 0.1) is 13.8 Å². The standard InChI is InChI=1S/C13H13NO2S/c1-8-4-3-5-9(2)11(8)14-10-6-7-17-12(10)13(15)16/h3-7,14H,1-2H3,(H,15,16). The SMILES string of the molecule is Cc1cccc(C)c1Nc1ccsc1C(=O)O. The predicted molar refractivity (Wildman–Crippen MR) is 70.5 cm³/mol. The van der Waals surface area contributed by atoms with E-state index in [2.05, 4.69) is 5.32 Å². The first-order chi connectivity index (χ1) is 8.09. The van der Waals surface area contributed by atoms with Gasteiger partial charge in [0.2, 0.25) is 0 Å². The number of benzene rings is 1. The molecule has 0 aliphatic heterocycles. The topological polar surface area (TPSA) is 49.3 Å². The van der Waals surface area contributed by atoms with Crippen molar-refractivity contribution >= 4 is 28.7 Å². The Bertz CT molecular complexity index is 540. The lowest BCUT2D eigenvalue weighted by molar-refractivity contribution is 0.0703. The van der Waals surface area contributed by atoms with E-state index < -0.39 is 5.97 Å². The summed E-state index contributed by atoms with van der Waals surface area (Å²) in [4.78, 5) is 11.4. The number of rotatable bonds is 3. The Morgan fingerprint density at radius 2 is 1.88 bits per heavy atom. The molecule has 1 heterocycles. The lowest BCUT2D eigenvalue weighted by Crippen LogP contribution is -2.00. The molecule has 17 heavy (non-hydrogen) atoms. The first kappa shape index (κ1) is 11.7. The van der Waals surface area contributed by atoms with Crippen LogP contribution in [0.2, 0.25) is 0 Å². The second-order valence-electron chi connectivity index (χ2n) is 3.86. The highest BCUT2D eigenvalue weighted by molar-refractivity contribution is 7.12. The maximum Gasteiger partial charge on any atom is 0.348 e. The van der Waals surface area contributed by atoms with Crippen LogP contribution in [0.5, 0.6) is 0 Å². The largest absolute Gasteiger partial charge is 0.477 e. The Balaban J connectivity index is 2.38. The summed E-state index contributed by atoms with van der Waals surface area (Å²) in [5, 5.41) is 14.0. The van der Waals surface area contributed by atoms with Crippen molar-refractivity contribution < 1.29 is 9.90 Å². The molecule has 4 heteroatoms. The summed E-state index contributed by atoms with van der Waals surface area (Å²) in [6.07, 6.45) is 0. The van der Waals surface area contributed by atoms with E-state index in [1.807, 2.05) is 32.0 Å². The fourth-order valence-corrected chi connectivity index (χ4v) is 2.41. The van der Waals surface area contributed by atoms with Crippen molar-refractivity contribution in [2.24, 2.45) is 0 Å². The number of aryl methyl sites for hydroxylation is 2. The lowest BCUT2D eigenvalue weighted by Gasteiger charge is -2.12. The van der Waals surface area contributed by atoms with Gasteiger partial charge in [0.1, 0.15) is 4.88 Å². The van der Waals surface area contributed by atoms with Crippen molar-refractivity contribution in [1.29, 1.82) is 0 Å². The average Bonchev–Trinajstić information content (AvgIpc) is 2.72. The molecule has 1 aromatic heterocycles. The zero-order valence-electron chi connectivity index (χ0n) is 9.65. The molecule has 0 unspecified atom stereocenters. The predicted octanol–water partition coefficient (Wildman–Crippen LogP) is 3.81. The van der Waals surface area contributed by atoms with Gasteiger partial charge in [-0.05, 0) is 36.4 Å². The van der Waals surface area contributed by atoms with Gasteiger partial charge in [0.15, 0.2) is 0 Å². The Kier molecular flexibility index (Phi) is 3.15. The van der Waals surface area contributed by atoms with Gasteiger partial charge in [0.25, 0.3) is 0 Å². The smallest absolute Gasteiger partial charge is 0.348 e. The summed E-state index contributed by atoms with van der Waals surface area (Å²) in [7, 11) is 0. The Labute approximate surface area is 104 Å². The van der Waals surface area contributed by atoms with Gasteiger partial charge in [-0.25, -0.2) is 4.79 Å². The molecule has 0 spiro atoms. The van der Waals surface area contributed by atoms with E-state index in [1.165, 1.54) is 11.3 Å². The molecule has 0 aliphatic rings. The van der Waals surface area contributed by atoms with Crippen LogP contribution in [-0.2, 0) is 0 Å². The molecular formula is C13H13NO2S. The summed E-state index contributed by atoms with van der Waals surface area (Å²) >= 11 is 1.23. The third kappa shape index (κ3) is 2.31. The highest BCUT2D eigenvalue weighted by atomic mass is 32.1. The van der Waals surface area contributed by atoms with Crippen molar-refractivity contribution in [2.75, 3.05) is 5.32 Å². The molecule has 0 bridgehead atoms. The average molecular weight is 247 g/mol. The van der Waals surface area contributed by atoms with Crippen LogP contribution in [0.3, 0.4) is 0 Å². The zero-order chi connectivity index (χ0) is 12.4. The number of para-hydroxylation sites is 1. The molecule has 0 aliphatic carbocycles. The number of carboxylic acids is 1. The second kappa shape index (κ2) is 4.59. The monoisotopic (exact) mass is 247 g/mol. The van der Waals surface area contributed by atoms with Gasteiger partial charge in [-0.2, -0.15) is 0 Å². The molecule has 2 rings (SSSR count). The van der Waals surface area contributed by atoms with Crippen molar-refractivity contribution in [3.63, 3.8) is 0 Å². The van der Waals surface area contributed by atoms with E-state index in [0.717, 1.165) is 16.8 Å². The van der Waals surface area contributed by atoms with Crippen molar-refractivity contribution in [1.82, 2.24) is 0 Å². The normalized spacial score (nSPS) is 10.2. The Morgan fingerprint density at radius 1 is 1.24 bits per heavy atom. The Morgan fingerprint density at radius 3 is 2.47 bits per heavy atom. The van der Waals surface area contributed by atoms with E-state index in [9.17, 15) is 4.79 Å². The first-order valence-corrected chi connectivity index (χ1v) is 6.11. The van der Waals surface area contributed by atoms with Crippen LogP contribution < -0.4 is 5.32 Å². The maximum absolute atomic E-state index is 11.0. The van der Waals surface area contributed by atoms with Crippen molar-refractivity contribution in [2.45, 2.75) is 13.8 Å². The van der Waals surface area contributed by atoms with Crippen LogP contribution in [-0.4, -0.2) is 11.1 Å². The Hall–Kier alpha value is -1.81. The molecule has 2 aromatic rings. The fraction of sp³-hybridized carbons (Fsp3) is 0.154. The number of thiophene rings is 1. The minimum atomic E-state index is -0.895. The molecule has 0 saturated heterocycles. The molecular weight excluding hydrogens is 234 g/mol. The molecule has 2 N–H and O–H groups in total. The van der Waals surface area contributed by atoms with Crippen molar-refractivity contribution in [3.8, 4) is 0 Å². The third-order valence-electron chi connectivity index (χ3n) is 2.60. The number of aromatic carboxylic acids is 1. The minimum Gasteiger partial charge on any atom is -0.477 e. The van der Waals surface area contributed by atoms with Gasteiger partial charge < -0.3 is 10.4 Å². The summed E-state index contributed by atoms with van der Waals surface area (Å²) < 4.78 is 0. The number of anilines is 2. The maximum atomic E-state index is 11.0. The molecule has 0 radical (unpaired) electrons. The van der Waals surface area contributed by atoms with E-state index in [-0.39, 0.29) is 0 Å². The summed E-state index contributed by atoms with van der Waals surface area (Å²) in [6, 6.07) is 7.78. The molecule has 0 saturated carbocycles. The van der Waals surface area contributed by atoms with Crippen molar-refractivity contribution in [3.05, 3.63) is 45.6 Å². The quantitative estimate of drug-likeness (QED) is 0.867. The number of nitrogens with one attached hydrogen (secondary N) is 1. The molecule has 0 fully saturated rings. The fourth-order valence-electron chi connectivity index (χ4n) is 1.72. The number of carbonyl (C=O) groups is 1. The van der Waals surface area contributed by atoms with Crippen LogP contribution in [0.4, 0.5) is 11.4 Å². The van der Waals surface area contributed by atoms with Gasteiger partial charge >= 0.3 is 5.97 Å². The molecule has 3 nitrogen and oxygen atoms in total. The molecule has 0 atom stereocenters. The van der Waals surface area contributed by atoms with Gasteiger partial charge in [0.05, 0.1) is 5.69 Å². The zero-order valence-corrected chi connectivity index (χ0v) is 10.5. The van der Waals surface area contributed by atoms with E-state index in [1.54, 1.807) is 11.4 Å². The number of hydrogen-bond donors (Lipinski definition) is 2. The van der Waals surface area contributed by atoms with E-state index >= 15 is 0 Å². The van der Waals surface area contributed by atoms with E-state index in [4.69, 9.17) is 5.11 Å². The molecule has 0 amide bonds. The van der Waals surface area contributed by atoms with Crippen LogP contribution in [0.25, 0.3) is 0 Å². The van der Waals surface area contributed by atoms with Gasteiger partial charge in [0, 0.05) is 5.69 Å². The van der Waals surface area contributed by atoms with E-state index in [0.29, 0.717) is 10.6 Å².